The summed E-state index contributed by atoms with van der Waals surface area (Å²) >= 11 is 0. The van der Waals surface area contributed by atoms with Crippen LogP contribution in [0, 0.1) is 0 Å². The molecule has 0 unspecified atom stereocenters. The summed E-state index contributed by atoms with van der Waals surface area (Å²) in [5, 5.41) is 0. The molecule has 25 heavy (non-hydrogen) atoms. The third-order valence-corrected chi connectivity index (χ3v) is 3.73. The van der Waals surface area contributed by atoms with E-state index in [-0.39, 0.29) is 5.78 Å². The average Bonchev–Trinajstić information content (AvgIpc) is 3.29. The highest BCUT2D eigenvalue weighted by atomic mass is 16.5. The number of imidazole rings is 1. The maximum Gasteiger partial charge on any atom is 0.243 e. The normalized spacial score (nSPS) is 11.1. The summed E-state index contributed by atoms with van der Waals surface area (Å²) in [5.41, 5.74) is 0.620. The van der Waals surface area contributed by atoms with Gasteiger partial charge in [-0.25, -0.2) is 9.13 Å². The summed E-state index contributed by atoms with van der Waals surface area (Å²) in [6.07, 6.45) is 11.7. The van der Waals surface area contributed by atoms with Crippen LogP contribution in [0.25, 0.3) is 6.08 Å². The zero-order chi connectivity index (χ0) is 17.5. The second kappa shape index (κ2) is 8.15. The number of nitrogens with zero attached hydrogens (tertiary/aromatic N) is 2. The summed E-state index contributed by atoms with van der Waals surface area (Å²) in [6, 6.07) is 10.8. The highest BCUT2D eigenvalue weighted by Gasteiger charge is 2.04. The monoisotopic (exact) mass is 337 g/mol. The fourth-order valence-corrected chi connectivity index (χ4v) is 2.43. The first-order valence-corrected chi connectivity index (χ1v) is 8.20. The number of hydrogen-bond acceptors (Lipinski definition) is 3. The molecule has 0 amide bonds. The van der Waals surface area contributed by atoms with Crippen LogP contribution in [0.4, 0.5) is 0 Å². The van der Waals surface area contributed by atoms with Crippen molar-refractivity contribution in [1.29, 1.82) is 0 Å². The number of allylic oxidation sites excluding steroid dienone is 1. The number of benzene rings is 1. The van der Waals surface area contributed by atoms with Crippen molar-refractivity contribution in [2.24, 2.45) is 7.05 Å². The molecule has 128 valence electrons. The van der Waals surface area contributed by atoms with Gasteiger partial charge in [-0.15, -0.1) is 0 Å². The van der Waals surface area contributed by atoms with E-state index < -0.39 is 0 Å². The molecule has 3 aromatic rings. The average molecular weight is 337 g/mol. The lowest BCUT2D eigenvalue weighted by Gasteiger charge is -2.05. The van der Waals surface area contributed by atoms with E-state index in [2.05, 4.69) is 4.57 Å². The van der Waals surface area contributed by atoms with Gasteiger partial charge in [-0.05, 0) is 48.6 Å². The summed E-state index contributed by atoms with van der Waals surface area (Å²) in [4.78, 5) is 12.1. The number of ether oxygens (including phenoxy) is 1. The molecule has 1 aromatic carbocycles. The van der Waals surface area contributed by atoms with E-state index in [1.165, 1.54) is 6.08 Å². The van der Waals surface area contributed by atoms with Crippen LogP contribution in [-0.4, -0.2) is 17.0 Å². The molecule has 2 heterocycles. The summed E-state index contributed by atoms with van der Waals surface area (Å²) < 4.78 is 15.0. The van der Waals surface area contributed by atoms with Gasteiger partial charge in [0, 0.05) is 12.0 Å². The Hall–Kier alpha value is -3.08. The first-order valence-electron chi connectivity index (χ1n) is 8.20. The Morgan fingerprint density at radius 1 is 1.28 bits per heavy atom. The number of ketones is 1. The Kier molecular flexibility index (Phi) is 5.46. The molecule has 0 aliphatic rings. The number of carbonyl (C=O) groups excluding carboxylic acids is 1. The van der Waals surface area contributed by atoms with Crippen molar-refractivity contribution >= 4 is 11.9 Å². The molecule has 5 heteroatoms. The Balaban J connectivity index is 1.45. The highest BCUT2D eigenvalue weighted by Crippen LogP contribution is 2.14. The molecule has 0 fully saturated rings. The van der Waals surface area contributed by atoms with Crippen molar-refractivity contribution < 1.29 is 18.5 Å². The molecule has 0 aliphatic heterocycles. The third kappa shape index (κ3) is 4.94. The predicted molar refractivity (Wildman–Crippen MR) is 94.2 cm³/mol. The van der Waals surface area contributed by atoms with E-state index in [9.17, 15) is 4.79 Å². The fraction of sp³-hybridized carbons (Fsp3) is 0.200. The van der Waals surface area contributed by atoms with Gasteiger partial charge in [-0.1, -0.05) is 0 Å². The van der Waals surface area contributed by atoms with Crippen molar-refractivity contribution in [2.75, 3.05) is 6.61 Å². The van der Waals surface area contributed by atoms with Crippen molar-refractivity contribution in [1.82, 2.24) is 4.57 Å². The van der Waals surface area contributed by atoms with Crippen LogP contribution in [0.5, 0.6) is 5.75 Å². The maximum atomic E-state index is 12.1. The van der Waals surface area contributed by atoms with Gasteiger partial charge in [-0.2, -0.15) is 0 Å². The highest BCUT2D eigenvalue weighted by molar-refractivity contribution is 6.06. The van der Waals surface area contributed by atoms with Gasteiger partial charge < -0.3 is 9.15 Å². The van der Waals surface area contributed by atoms with Crippen LogP contribution in [0.1, 0.15) is 22.5 Å². The third-order valence-electron chi connectivity index (χ3n) is 3.73. The zero-order valence-electron chi connectivity index (χ0n) is 14.2. The van der Waals surface area contributed by atoms with Crippen molar-refractivity contribution in [3.63, 3.8) is 0 Å². The lowest BCUT2D eigenvalue weighted by Crippen LogP contribution is -2.23. The minimum Gasteiger partial charge on any atom is -0.493 e. The van der Waals surface area contributed by atoms with Crippen molar-refractivity contribution in [2.45, 2.75) is 13.0 Å². The quantitative estimate of drug-likeness (QED) is 0.274. The van der Waals surface area contributed by atoms with Crippen LogP contribution in [0.15, 0.2) is 71.9 Å². The molecule has 0 atom stereocenters. The van der Waals surface area contributed by atoms with Crippen LogP contribution >= 0.6 is 0 Å². The second-order valence-corrected chi connectivity index (χ2v) is 5.76. The van der Waals surface area contributed by atoms with E-state index in [0.717, 1.165) is 18.7 Å². The molecular weight excluding hydrogens is 316 g/mol. The van der Waals surface area contributed by atoms with Crippen molar-refractivity contribution in [3.8, 4) is 5.75 Å². The topological polar surface area (TPSA) is 48.2 Å². The summed E-state index contributed by atoms with van der Waals surface area (Å²) in [6.45, 7) is 1.54. The van der Waals surface area contributed by atoms with Crippen LogP contribution < -0.4 is 9.30 Å². The van der Waals surface area contributed by atoms with Gasteiger partial charge in [0.15, 0.2) is 5.78 Å². The number of rotatable bonds is 8. The fourth-order valence-electron chi connectivity index (χ4n) is 2.43. The minimum absolute atomic E-state index is 0.0663. The van der Waals surface area contributed by atoms with Gasteiger partial charge in [0.2, 0.25) is 6.33 Å². The lowest BCUT2D eigenvalue weighted by atomic mass is 10.1. The number of carbonyl (C=O) groups is 1. The molecule has 0 radical (unpaired) electrons. The number of furan rings is 1. The van der Waals surface area contributed by atoms with E-state index in [4.69, 9.17) is 9.15 Å². The Bertz CT molecular complexity index is 830. The molecule has 0 saturated heterocycles. The van der Waals surface area contributed by atoms with E-state index in [0.29, 0.717) is 17.9 Å². The smallest absolute Gasteiger partial charge is 0.243 e. The summed E-state index contributed by atoms with van der Waals surface area (Å²) in [5.74, 6) is 1.36. The van der Waals surface area contributed by atoms with Crippen LogP contribution in [-0.2, 0) is 13.6 Å². The Morgan fingerprint density at radius 2 is 2.12 bits per heavy atom. The molecule has 0 spiro atoms. The SMILES string of the molecule is C[n+]1ccn(CCCOc2ccc(C(=O)/C=C/c3ccco3)cc2)c1. The van der Waals surface area contributed by atoms with Gasteiger partial charge in [0.1, 0.15) is 23.9 Å². The van der Waals surface area contributed by atoms with E-state index in [1.807, 2.05) is 42.5 Å². The molecule has 0 saturated carbocycles. The van der Waals surface area contributed by atoms with E-state index in [1.54, 1.807) is 36.6 Å². The standard InChI is InChI=1S/C20H21N2O3/c1-21-12-13-22(16-21)11-3-15-25-19-7-5-17(6-8-19)20(23)10-9-18-4-2-14-24-18/h2,4-10,12-14,16H,3,11,15H2,1H3/q+1/b10-9+. The van der Waals surface area contributed by atoms with Gasteiger partial charge in [0.05, 0.1) is 26.5 Å². The first-order chi connectivity index (χ1) is 12.2. The van der Waals surface area contributed by atoms with Gasteiger partial charge >= 0.3 is 0 Å². The van der Waals surface area contributed by atoms with Crippen LogP contribution in [0.3, 0.4) is 0 Å². The largest absolute Gasteiger partial charge is 0.493 e. The zero-order valence-corrected chi connectivity index (χ0v) is 14.2. The maximum absolute atomic E-state index is 12.1. The first kappa shape index (κ1) is 16.8. The predicted octanol–water partition coefficient (Wildman–Crippen LogP) is 3.27. The molecular formula is C20H21N2O3+. The number of hydrogen-bond donors (Lipinski definition) is 0. The van der Waals surface area contributed by atoms with Crippen molar-refractivity contribution in [3.05, 3.63) is 78.8 Å². The number of aromatic nitrogens is 2. The molecule has 0 N–H and O–H groups in total. The Morgan fingerprint density at radius 3 is 2.80 bits per heavy atom. The lowest BCUT2D eigenvalue weighted by molar-refractivity contribution is -0.671. The van der Waals surface area contributed by atoms with Gasteiger partial charge in [-0.3, -0.25) is 4.79 Å². The molecule has 3 rings (SSSR count). The number of aryl methyl sites for hydroxylation is 2. The summed E-state index contributed by atoms with van der Waals surface area (Å²) in [7, 11) is 2.00. The molecule has 0 bridgehead atoms. The Labute approximate surface area is 146 Å². The van der Waals surface area contributed by atoms with Gasteiger partial charge in [0.25, 0.3) is 0 Å². The van der Waals surface area contributed by atoms with Crippen LogP contribution in [0.2, 0.25) is 0 Å². The second-order valence-electron chi connectivity index (χ2n) is 5.76. The van der Waals surface area contributed by atoms with E-state index >= 15 is 0 Å². The molecule has 2 aromatic heterocycles. The minimum atomic E-state index is -0.0663. The molecule has 5 nitrogen and oxygen atoms in total. The molecule has 0 aliphatic carbocycles.